The second kappa shape index (κ2) is 10.0. The van der Waals surface area contributed by atoms with E-state index in [1.807, 2.05) is 0 Å². The number of pyridine rings is 1. The lowest BCUT2D eigenvalue weighted by atomic mass is 9.99. The monoisotopic (exact) mass is 577 g/mol. The van der Waals surface area contributed by atoms with Gasteiger partial charge in [-0.3, -0.25) is 0 Å². The van der Waals surface area contributed by atoms with Crippen molar-refractivity contribution in [2.45, 2.75) is 49.0 Å². The summed E-state index contributed by atoms with van der Waals surface area (Å²) in [5.74, 6) is 0.143. The summed E-state index contributed by atoms with van der Waals surface area (Å²) in [7, 11) is -2.28. The molecule has 0 aliphatic heterocycles. The van der Waals surface area contributed by atoms with Crippen molar-refractivity contribution >= 4 is 32.6 Å². The molecule has 2 N–H and O–H groups in total. The van der Waals surface area contributed by atoms with Gasteiger partial charge in [0.05, 0.1) is 18.3 Å². The van der Waals surface area contributed by atoms with E-state index in [9.17, 15) is 26.0 Å². The van der Waals surface area contributed by atoms with Crippen LogP contribution in [0.4, 0.5) is 29.3 Å². The van der Waals surface area contributed by atoms with Gasteiger partial charge in [0.15, 0.2) is 15.7 Å². The molecule has 2 heterocycles. The van der Waals surface area contributed by atoms with Gasteiger partial charge in [0.25, 0.3) is 0 Å². The van der Waals surface area contributed by atoms with Crippen LogP contribution in [0.15, 0.2) is 58.5 Å². The van der Waals surface area contributed by atoms with Crippen molar-refractivity contribution in [3.05, 3.63) is 53.6 Å². The summed E-state index contributed by atoms with van der Waals surface area (Å²) >= 11 is 0. The summed E-state index contributed by atoms with van der Waals surface area (Å²) in [5.41, 5.74) is 0.414. The number of allylic oxidation sites excluding steroid dienone is 2. The first-order valence-electron chi connectivity index (χ1n) is 12.5. The molecule has 8 nitrogen and oxygen atoms in total. The van der Waals surface area contributed by atoms with Crippen molar-refractivity contribution in [1.29, 1.82) is 0 Å². The molecule has 3 aromatic rings. The average molecular weight is 578 g/mol. The van der Waals surface area contributed by atoms with Gasteiger partial charge in [-0.05, 0) is 61.2 Å². The quantitative estimate of drug-likeness (QED) is 0.332. The fourth-order valence-electron chi connectivity index (χ4n) is 4.48. The largest absolute Gasteiger partial charge is 0.495 e. The van der Waals surface area contributed by atoms with Crippen LogP contribution in [0.25, 0.3) is 22.3 Å². The molecule has 5 rings (SSSR count). The Kier molecular flexibility index (Phi) is 6.97. The molecule has 13 heteroatoms. The Balaban J connectivity index is 1.55. The number of sulfone groups is 1. The van der Waals surface area contributed by atoms with Gasteiger partial charge < -0.3 is 15.4 Å². The molecular formula is C27H27F4N5O3S. The minimum atomic E-state index is -4.51. The Morgan fingerprint density at radius 1 is 1.12 bits per heavy atom. The maximum Gasteiger partial charge on any atom is 0.411 e. The lowest BCUT2D eigenvalue weighted by Crippen LogP contribution is -2.39. The Hall–Kier alpha value is -3.74. The number of hydrogen-bond donors (Lipinski definition) is 2. The van der Waals surface area contributed by atoms with Gasteiger partial charge in [-0.15, -0.1) is 0 Å². The van der Waals surface area contributed by atoms with E-state index in [1.165, 1.54) is 19.2 Å². The van der Waals surface area contributed by atoms with E-state index < -0.39 is 27.7 Å². The van der Waals surface area contributed by atoms with Gasteiger partial charge >= 0.3 is 6.18 Å². The van der Waals surface area contributed by atoms with Crippen molar-refractivity contribution in [3.8, 4) is 17.0 Å². The minimum Gasteiger partial charge on any atom is -0.495 e. The number of alkyl halides is 4. The number of halogens is 4. The van der Waals surface area contributed by atoms with Gasteiger partial charge in [-0.2, -0.15) is 18.2 Å². The van der Waals surface area contributed by atoms with E-state index in [2.05, 4.69) is 25.6 Å². The fourth-order valence-corrected chi connectivity index (χ4v) is 5.34. The second-order valence-corrected chi connectivity index (χ2v) is 12.0. The molecule has 2 aromatic heterocycles. The average Bonchev–Trinajstić information content (AvgIpc) is 3.69. The van der Waals surface area contributed by atoms with Crippen LogP contribution in [0.1, 0.15) is 26.2 Å². The number of fused-ring (bicyclic) bond motifs is 1. The zero-order valence-electron chi connectivity index (χ0n) is 21.9. The highest BCUT2D eigenvalue weighted by Gasteiger charge is 2.64. The molecule has 40 heavy (non-hydrogen) atoms. The maximum absolute atomic E-state index is 13.9. The Bertz CT molecular complexity index is 1650. The molecule has 0 radical (unpaired) electrons. The van der Waals surface area contributed by atoms with Crippen molar-refractivity contribution in [2.75, 3.05) is 30.5 Å². The molecule has 1 fully saturated rings. The van der Waals surface area contributed by atoms with Gasteiger partial charge in [0, 0.05) is 24.8 Å². The Morgan fingerprint density at radius 3 is 2.50 bits per heavy atom. The zero-order valence-corrected chi connectivity index (χ0v) is 22.8. The van der Waals surface area contributed by atoms with Crippen molar-refractivity contribution < 1.29 is 30.7 Å². The summed E-state index contributed by atoms with van der Waals surface area (Å²) < 4.78 is 85.1. The first-order valence-corrected chi connectivity index (χ1v) is 14.4. The predicted molar refractivity (Wildman–Crippen MR) is 144 cm³/mol. The van der Waals surface area contributed by atoms with Crippen LogP contribution >= 0.6 is 0 Å². The van der Waals surface area contributed by atoms with Crippen LogP contribution in [0.2, 0.25) is 0 Å². The normalized spacial score (nSPS) is 18.6. The predicted octanol–water partition coefficient (Wildman–Crippen LogP) is 5.64. The molecule has 0 bridgehead atoms. The Labute approximate surface area is 228 Å². The third kappa shape index (κ3) is 5.47. The SMILES string of the molecule is COc1ccc(-c2ccc3nc(NCC4=CCC(F)C(C)=C4)nc(NC4(C(F)(F)F)CC4)c3n2)cc1S(C)(=O)=O. The number of nitrogens with zero attached hydrogens (tertiary/aromatic N) is 3. The number of aromatic nitrogens is 3. The highest BCUT2D eigenvalue weighted by molar-refractivity contribution is 7.90. The lowest BCUT2D eigenvalue weighted by molar-refractivity contribution is -0.151. The molecule has 1 saturated carbocycles. The molecule has 0 amide bonds. The van der Waals surface area contributed by atoms with Crippen LogP contribution in [0.5, 0.6) is 5.75 Å². The van der Waals surface area contributed by atoms with Crippen molar-refractivity contribution in [2.24, 2.45) is 0 Å². The standard InChI is InChI=1S/C27H27F4N5O3S/c1-15-12-16(4-6-18(15)28)14-32-25-34-20-8-7-19(17-5-9-21(39-2)22(13-17)40(3,37)38)33-23(20)24(35-25)36-26(10-11-26)27(29,30)31/h4-5,7-9,12-13,18H,6,10-11,14H2,1-3H3,(H2,32,34,35,36). The third-order valence-corrected chi connectivity index (χ3v) is 8.11. The van der Waals surface area contributed by atoms with Gasteiger partial charge in [-0.1, -0.05) is 12.2 Å². The Morgan fingerprint density at radius 2 is 1.88 bits per heavy atom. The fraction of sp³-hybridized carbons (Fsp3) is 0.370. The first-order chi connectivity index (χ1) is 18.8. The van der Waals surface area contributed by atoms with Crippen molar-refractivity contribution in [3.63, 3.8) is 0 Å². The minimum absolute atomic E-state index is 0.0436. The highest BCUT2D eigenvalue weighted by Crippen LogP contribution is 2.51. The number of anilines is 2. The maximum atomic E-state index is 13.9. The summed E-state index contributed by atoms with van der Waals surface area (Å²) in [6, 6.07) is 7.69. The molecule has 1 unspecified atom stereocenters. The molecule has 0 spiro atoms. The topological polar surface area (TPSA) is 106 Å². The number of ether oxygens (including phenoxy) is 1. The molecule has 1 aromatic carbocycles. The van der Waals surface area contributed by atoms with Crippen LogP contribution in [0, 0.1) is 0 Å². The van der Waals surface area contributed by atoms with E-state index in [-0.39, 0.29) is 59.3 Å². The van der Waals surface area contributed by atoms with Crippen LogP contribution in [-0.4, -0.2) is 61.2 Å². The molecule has 0 saturated heterocycles. The summed E-state index contributed by atoms with van der Waals surface area (Å²) in [6.07, 6.45) is -0.988. The smallest absolute Gasteiger partial charge is 0.411 e. The van der Waals surface area contributed by atoms with E-state index in [1.54, 1.807) is 37.3 Å². The van der Waals surface area contributed by atoms with Gasteiger partial charge in [0.1, 0.15) is 27.9 Å². The zero-order chi connectivity index (χ0) is 28.9. The number of hydrogen-bond acceptors (Lipinski definition) is 8. The van der Waals surface area contributed by atoms with Crippen LogP contribution in [-0.2, 0) is 9.84 Å². The third-order valence-electron chi connectivity index (χ3n) is 7.00. The highest BCUT2D eigenvalue weighted by atomic mass is 32.2. The second-order valence-electron chi connectivity index (χ2n) is 10.0. The molecule has 2 aliphatic carbocycles. The molecule has 1 atom stereocenters. The van der Waals surface area contributed by atoms with Crippen LogP contribution in [0.3, 0.4) is 0 Å². The first kappa shape index (κ1) is 27.8. The molecular weight excluding hydrogens is 550 g/mol. The molecule has 212 valence electrons. The molecule has 2 aliphatic rings. The van der Waals surface area contributed by atoms with Crippen LogP contribution < -0.4 is 15.4 Å². The van der Waals surface area contributed by atoms with Crippen molar-refractivity contribution in [1.82, 2.24) is 15.0 Å². The van der Waals surface area contributed by atoms with E-state index in [0.717, 1.165) is 11.8 Å². The number of benzene rings is 1. The van der Waals surface area contributed by atoms with Gasteiger partial charge in [0.2, 0.25) is 5.95 Å². The summed E-state index contributed by atoms with van der Waals surface area (Å²) in [5, 5.41) is 5.59. The van der Waals surface area contributed by atoms with E-state index in [4.69, 9.17) is 4.74 Å². The van der Waals surface area contributed by atoms with Gasteiger partial charge in [-0.25, -0.2) is 22.8 Å². The summed E-state index contributed by atoms with van der Waals surface area (Å²) in [6.45, 7) is 1.95. The van der Waals surface area contributed by atoms with E-state index >= 15 is 0 Å². The summed E-state index contributed by atoms with van der Waals surface area (Å²) in [4.78, 5) is 13.3. The van der Waals surface area contributed by atoms with E-state index in [0.29, 0.717) is 16.8 Å². The number of nitrogens with one attached hydrogen (secondary N) is 2. The number of rotatable bonds is 8. The lowest BCUT2D eigenvalue weighted by Gasteiger charge is -2.22. The number of methoxy groups -OCH3 is 1.